The fourth-order valence-electron chi connectivity index (χ4n) is 1.50. The van der Waals surface area contributed by atoms with Crippen LogP contribution in [0.4, 0.5) is 0 Å². The summed E-state index contributed by atoms with van der Waals surface area (Å²) >= 11 is 5.84. The van der Waals surface area contributed by atoms with E-state index in [1.54, 1.807) is 18.2 Å². The van der Waals surface area contributed by atoms with Gasteiger partial charge in [-0.3, -0.25) is 4.79 Å². The Hall–Kier alpha value is -1.55. The number of aliphatic imine (C=N–C) groups is 1. The van der Waals surface area contributed by atoms with E-state index in [1.165, 1.54) is 0 Å². The number of hydrogen-bond donors (Lipinski definition) is 1. The third-order valence-corrected chi connectivity index (χ3v) is 2.43. The van der Waals surface area contributed by atoms with E-state index < -0.39 is 5.97 Å². The summed E-state index contributed by atoms with van der Waals surface area (Å²) in [5.41, 5.74) is 0.778. The first-order valence-electron chi connectivity index (χ1n) is 4.83. The number of carbonyl (C=O) groups is 1. The normalized spacial score (nSPS) is 19.1. The molecule has 1 heterocycles. The van der Waals surface area contributed by atoms with Crippen molar-refractivity contribution in [3.63, 3.8) is 0 Å². The second kappa shape index (κ2) is 4.53. The van der Waals surface area contributed by atoms with Gasteiger partial charge in [-0.25, -0.2) is 4.99 Å². The standard InChI is InChI=1S/C11H10ClNO3/c12-8-3-1-2-7(4-8)11-13-9(6-16-11)5-10(14)15/h1-4,9H,5-6H2,(H,14,15). The van der Waals surface area contributed by atoms with Crippen molar-refractivity contribution in [1.82, 2.24) is 0 Å². The molecule has 1 N–H and O–H groups in total. The maximum atomic E-state index is 10.5. The lowest BCUT2D eigenvalue weighted by Gasteiger charge is -2.00. The fourth-order valence-corrected chi connectivity index (χ4v) is 1.69. The monoisotopic (exact) mass is 239 g/mol. The molecule has 0 fully saturated rings. The van der Waals surface area contributed by atoms with Gasteiger partial charge in [0.1, 0.15) is 6.61 Å². The Labute approximate surface area is 97.5 Å². The molecular weight excluding hydrogens is 230 g/mol. The molecule has 0 bridgehead atoms. The summed E-state index contributed by atoms with van der Waals surface area (Å²) in [5, 5.41) is 9.23. The maximum absolute atomic E-state index is 10.5. The van der Waals surface area contributed by atoms with Gasteiger partial charge in [0.15, 0.2) is 0 Å². The van der Waals surface area contributed by atoms with Crippen LogP contribution in [-0.4, -0.2) is 29.6 Å². The molecule has 0 saturated carbocycles. The van der Waals surface area contributed by atoms with Gasteiger partial charge in [-0.05, 0) is 18.2 Å². The zero-order valence-corrected chi connectivity index (χ0v) is 9.15. The van der Waals surface area contributed by atoms with Crippen molar-refractivity contribution in [3.05, 3.63) is 34.9 Å². The van der Waals surface area contributed by atoms with Crippen molar-refractivity contribution in [1.29, 1.82) is 0 Å². The van der Waals surface area contributed by atoms with Crippen LogP contribution in [0.1, 0.15) is 12.0 Å². The molecule has 16 heavy (non-hydrogen) atoms. The van der Waals surface area contributed by atoms with Gasteiger partial charge < -0.3 is 9.84 Å². The van der Waals surface area contributed by atoms with Crippen LogP contribution in [-0.2, 0) is 9.53 Å². The zero-order valence-electron chi connectivity index (χ0n) is 8.39. The van der Waals surface area contributed by atoms with E-state index in [0.717, 1.165) is 5.56 Å². The minimum Gasteiger partial charge on any atom is -0.481 e. The molecule has 1 aromatic carbocycles. The molecule has 0 amide bonds. The summed E-state index contributed by atoms with van der Waals surface area (Å²) in [7, 11) is 0. The summed E-state index contributed by atoms with van der Waals surface area (Å²) in [6.07, 6.45) is -0.00986. The van der Waals surface area contributed by atoms with E-state index in [4.69, 9.17) is 21.4 Å². The third kappa shape index (κ3) is 2.52. The summed E-state index contributed by atoms with van der Waals surface area (Å²) in [6.45, 7) is 0.314. The lowest BCUT2D eigenvalue weighted by atomic mass is 10.2. The second-order valence-corrected chi connectivity index (χ2v) is 3.94. The van der Waals surface area contributed by atoms with Gasteiger partial charge in [0.2, 0.25) is 5.90 Å². The van der Waals surface area contributed by atoms with Gasteiger partial charge in [-0.2, -0.15) is 0 Å². The molecule has 0 saturated heterocycles. The lowest BCUT2D eigenvalue weighted by molar-refractivity contribution is -0.137. The molecule has 0 aromatic heterocycles. The molecule has 2 rings (SSSR count). The molecule has 1 aliphatic rings. The Morgan fingerprint density at radius 1 is 1.62 bits per heavy atom. The number of ether oxygens (including phenoxy) is 1. The zero-order chi connectivity index (χ0) is 11.5. The molecule has 1 atom stereocenters. The number of carboxylic acid groups (broad SMARTS) is 1. The van der Waals surface area contributed by atoms with Crippen molar-refractivity contribution in [2.24, 2.45) is 4.99 Å². The van der Waals surface area contributed by atoms with E-state index in [0.29, 0.717) is 17.5 Å². The number of rotatable bonds is 3. The van der Waals surface area contributed by atoms with Crippen LogP contribution in [0.5, 0.6) is 0 Å². The second-order valence-electron chi connectivity index (χ2n) is 3.51. The molecule has 0 spiro atoms. The van der Waals surface area contributed by atoms with Crippen molar-refractivity contribution in [2.45, 2.75) is 12.5 Å². The van der Waals surface area contributed by atoms with Gasteiger partial charge in [-0.15, -0.1) is 0 Å². The molecule has 1 unspecified atom stereocenters. The van der Waals surface area contributed by atoms with Crippen molar-refractivity contribution in [2.75, 3.05) is 6.61 Å². The van der Waals surface area contributed by atoms with Crippen LogP contribution in [0.25, 0.3) is 0 Å². The Bertz CT molecular complexity index is 445. The van der Waals surface area contributed by atoms with E-state index in [9.17, 15) is 4.79 Å². The quantitative estimate of drug-likeness (QED) is 0.877. The molecule has 0 aliphatic carbocycles. The average Bonchev–Trinajstić information content (AvgIpc) is 2.65. The van der Waals surface area contributed by atoms with E-state index >= 15 is 0 Å². The Balaban J connectivity index is 2.14. The first kappa shape index (κ1) is 11.0. The van der Waals surface area contributed by atoms with Crippen molar-refractivity contribution >= 4 is 23.5 Å². The van der Waals surface area contributed by atoms with Crippen LogP contribution in [0.15, 0.2) is 29.3 Å². The number of aliphatic carboxylic acids is 1. The summed E-state index contributed by atoms with van der Waals surface area (Å²) in [5.74, 6) is -0.404. The van der Waals surface area contributed by atoms with E-state index in [1.807, 2.05) is 6.07 Å². The number of hydrogen-bond acceptors (Lipinski definition) is 3. The molecule has 5 heteroatoms. The highest BCUT2D eigenvalue weighted by Crippen LogP contribution is 2.17. The minimum atomic E-state index is -0.871. The van der Waals surface area contributed by atoms with Gasteiger partial charge in [-0.1, -0.05) is 17.7 Å². The predicted molar refractivity (Wildman–Crippen MR) is 60.0 cm³/mol. The summed E-state index contributed by atoms with van der Waals surface area (Å²) in [6, 6.07) is 6.83. The summed E-state index contributed by atoms with van der Waals surface area (Å²) < 4.78 is 5.34. The molecular formula is C11H10ClNO3. The smallest absolute Gasteiger partial charge is 0.305 e. The fraction of sp³-hybridized carbons (Fsp3) is 0.273. The maximum Gasteiger partial charge on any atom is 0.305 e. The Morgan fingerprint density at radius 2 is 2.44 bits per heavy atom. The highest BCUT2D eigenvalue weighted by molar-refractivity contribution is 6.30. The van der Waals surface area contributed by atoms with Gasteiger partial charge in [0, 0.05) is 10.6 Å². The van der Waals surface area contributed by atoms with E-state index in [-0.39, 0.29) is 12.5 Å². The average molecular weight is 240 g/mol. The predicted octanol–water partition coefficient (Wildman–Crippen LogP) is 1.96. The minimum absolute atomic E-state index is 0.00986. The number of benzene rings is 1. The van der Waals surface area contributed by atoms with Crippen molar-refractivity contribution in [3.8, 4) is 0 Å². The number of carboxylic acids is 1. The van der Waals surface area contributed by atoms with Crippen molar-refractivity contribution < 1.29 is 14.6 Å². The van der Waals surface area contributed by atoms with Crippen LogP contribution < -0.4 is 0 Å². The highest BCUT2D eigenvalue weighted by atomic mass is 35.5. The first-order valence-corrected chi connectivity index (χ1v) is 5.21. The SMILES string of the molecule is O=C(O)CC1COC(c2cccc(Cl)c2)=N1. The van der Waals surface area contributed by atoms with Crippen LogP contribution in [0.2, 0.25) is 5.02 Å². The van der Waals surface area contributed by atoms with Crippen LogP contribution in [0, 0.1) is 0 Å². The Morgan fingerprint density at radius 3 is 3.12 bits per heavy atom. The van der Waals surface area contributed by atoms with Gasteiger partial charge in [0.25, 0.3) is 0 Å². The Kier molecular flexibility index (Phi) is 3.10. The van der Waals surface area contributed by atoms with Crippen LogP contribution >= 0.6 is 11.6 Å². The van der Waals surface area contributed by atoms with Gasteiger partial charge >= 0.3 is 5.97 Å². The molecule has 1 aromatic rings. The largest absolute Gasteiger partial charge is 0.481 e. The number of halogens is 1. The molecule has 0 radical (unpaired) electrons. The van der Waals surface area contributed by atoms with Crippen LogP contribution in [0.3, 0.4) is 0 Å². The molecule has 4 nitrogen and oxygen atoms in total. The van der Waals surface area contributed by atoms with Gasteiger partial charge in [0.05, 0.1) is 12.5 Å². The topological polar surface area (TPSA) is 58.9 Å². The third-order valence-electron chi connectivity index (χ3n) is 2.19. The first-order chi connectivity index (χ1) is 7.65. The summed E-state index contributed by atoms with van der Waals surface area (Å²) in [4.78, 5) is 14.7. The lowest BCUT2D eigenvalue weighted by Crippen LogP contribution is -2.12. The highest BCUT2D eigenvalue weighted by Gasteiger charge is 2.22. The molecule has 84 valence electrons. The van der Waals surface area contributed by atoms with E-state index in [2.05, 4.69) is 4.99 Å². The number of nitrogens with zero attached hydrogens (tertiary/aromatic N) is 1. The molecule has 1 aliphatic heterocycles.